The van der Waals surface area contributed by atoms with Crippen LogP contribution in [0, 0.1) is 0 Å². The number of carbonyl (C=O) groups is 1. The molecule has 152 valence electrons. The lowest BCUT2D eigenvalue weighted by Crippen LogP contribution is -2.12. The van der Waals surface area contributed by atoms with E-state index in [0.29, 0.717) is 41.7 Å². The summed E-state index contributed by atoms with van der Waals surface area (Å²) in [5, 5.41) is 14.6. The van der Waals surface area contributed by atoms with E-state index in [1.807, 2.05) is 31.2 Å². The van der Waals surface area contributed by atoms with E-state index in [1.165, 1.54) is 0 Å². The van der Waals surface area contributed by atoms with Crippen LogP contribution in [-0.2, 0) is 6.54 Å². The summed E-state index contributed by atoms with van der Waals surface area (Å²) in [6, 6.07) is 12.6. The van der Waals surface area contributed by atoms with Crippen molar-refractivity contribution in [2.45, 2.75) is 33.2 Å². The molecule has 1 aromatic heterocycles. The van der Waals surface area contributed by atoms with Gasteiger partial charge in [0.05, 0.1) is 13.7 Å². The van der Waals surface area contributed by atoms with Gasteiger partial charge in [0, 0.05) is 23.4 Å². The molecule has 0 aliphatic rings. The SMILES string of the molecule is CCCCOc1ccc(C(=O)Nc2cccc(-c3nnnn3CC)c2)cc1OC. The van der Waals surface area contributed by atoms with Gasteiger partial charge in [-0.1, -0.05) is 25.5 Å². The van der Waals surface area contributed by atoms with Crippen molar-refractivity contribution in [3.63, 3.8) is 0 Å². The van der Waals surface area contributed by atoms with E-state index in [1.54, 1.807) is 30.0 Å². The average molecular weight is 395 g/mol. The quantitative estimate of drug-likeness (QED) is 0.554. The fourth-order valence-electron chi connectivity index (χ4n) is 2.82. The number of nitrogens with one attached hydrogen (secondary N) is 1. The molecular weight excluding hydrogens is 370 g/mol. The first-order valence-electron chi connectivity index (χ1n) is 9.65. The van der Waals surface area contributed by atoms with Crippen LogP contribution in [-0.4, -0.2) is 39.8 Å². The number of anilines is 1. The highest BCUT2D eigenvalue weighted by atomic mass is 16.5. The Kier molecular flexibility index (Phi) is 6.78. The number of aromatic nitrogens is 4. The van der Waals surface area contributed by atoms with Crippen LogP contribution in [0.3, 0.4) is 0 Å². The number of hydrogen-bond acceptors (Lipinski definition) is 6. The molecule has 0 unspecified atom stereocenters. The van der Waals surface area contributed by atoms with Gasteiger partial charge < -0.3 is 14.8 Å². The normalized spacial score (nSPS) is 10.6. The van der Waals surface area contributed by atoms with Gasteiger partial charge in [0.25, 0.3) is 5.91 Å². The van der Waals surface area contributed by atoms with Crippen molar-refractivity contribution in [2.24, 2.45) is 0 Å². The summed E-state index contributed by atoms with van der Waals surface area (Å²) >= 11 is 0. The lowest BCUT2D eigenvalue weighted by molar-refractivity contribution is 0.102. The van der Waals surface area contributed by atoms with E-state index in [4.69, 9.17) is 9.47 Å². The van der Waals surface area contributed by atoms with E-state index in [2.05, 4.69) is 27.8 Å². The second-order valence-electron chi connectivity index (χ2n) is 6.42. The van der Waals surface area contributed by atoms with Gasteiger partial charge in [-0.25, -0.2) is 4.68 Å². The smallest absolute Gasteiger partial charge is 0.255 e. The van der Waals surface area contributed by atoms with Gasteiger partial charge in [-0.3, -0.25) is 4.79 Å². The number of benzene rings is 2. The summed E-state index contributed by atoms with van der Waals surface area (Å²) in [7, 11) is 1.56. The molecule has 8 heteroatoms. The summed E-state index contributed by atoms with van der Waals surface area (Å²) in [6.07, 6.45) is 2.01. The molecule has 0 saturated heterocycles. The van der Waals surface area contributed by atoms with Crippen molar-refractivity contribution < 1.29 is 14.3 Å². The molecule has 0 bridgehead atoms. The Bertz CT molecular complexity index is 970. The van der Waals surface area contributed by atoms with Gasteiger partial charge in [0.15, 0.2) is 17.3 Å². The average Bonchev–Trinajstić information content (AvgIpc) is 3.23. The first-order valence-corrected chi connectivity index (χ1v) is 9.65. The van der Waals surface area contributed by atoms with E-state index in [0.717, 1.165) is 18.4 Å². The zero-order valence-electron chi connectivity index (χ0n) is 16.9. The Balaban J connectivity index is 1.76. The molecule has 3 rings (SSSR count). The molecule has 0 aliphatic heterocycles. The second-order valence-corrected chi connectivity index (χ2v) is 6.42. The minimum absolute atomic E-state index is 0.240. The number of tetrazole rings is 1. The Morgan fingerprint density at radius 3 is 2.76 bits per heavy atom. The molecule has 3 aromatic rings. The number of unbranched alkanes of at least 4 members (excludes halogenated alkanes) is 1. The van der Waals surface area contributed by atoms with Crippen molar-refractivity contribution in [1.82, 2.24) is 20.2 Å². The molecule has 0 atom stereocenters. The molecule has 0 radical (unpaired) electrons. The maximum absolute atomic E-state index is 12.7. The molecule has 1 heterocycles. The summed E-state index contributed by atoms with van der Waals surface area (Å²) in [5.74, 6) is 1.57. The summed E-state index contributed by atoms with van der Waals surface area (Å²) in [6.45, 7) is 5.34. The van der Waals surface area contributed by atoms with Crippen LogP contribution in [0.2, 0.25) is 0 Å². The molecule has 2 aromatic carbocycles. The third kappa shape index (κ3) is 4.90. The van der Waals surface area contributed by atoms with Crippen molar-refractivity contribution in [1.29, 1.82) is 0 Å². The number of carbonyl (C=O) groups excluding carboxylic acids is 1. The highest BCUT2D eigenvalue weighted by Crippen LogP contribution is 2.29. The maximum atomic E-state index is 12.7. The maximum Gasteiger partial charge on any atom is 0.255 e. The molecule has 0 aliphatic carbocycles. The van der Waals surface area contributed by atoms with E-state index >= 15 is 0 Å². The van der Waals surface area contributed by atoms with E-state index in [9.17, 15) is 4.79 Å². The fraction of sp³-hybridized carbons (Fsp3) is 0.333. The van der Waals surface area contributed by atoms with Gasteiger partial charge >= 0.3 is 0 Å². The monoisotopic (exact) mass is 395 g/mol. The number of aryl methyl sites for hydroxylation is 1. The largest absolute Gasteiger partial charge is 0.493 e. The molecule has 0 spiro atoms. The topological polar surface area (TPSA) is 91.2 Å². The van der Waals surface area contributed by atoms with Crippen molar-refractivity contribution >= 4 is 11.6 Å². The molecule has 0 saturated carbocycles. The van der Waals surface area contributed by atoms with Crippen LogP contribution in [0.1, 0.15) is 37.0 Å². The van der Waals surface area contributed by atoms with Gasteiger partial charge in [0.2, 0.25) is 0 Å². The molecule has 0 fully saturated rings. The van der Waals surface area contributed by atoms with Gasteiger partial charge in [-0.05, 0) is 54.1 Å². The highest BCUT2D eigenvalue weighted by Gasteiger charge is 2.13. The van der Waals surface area contributed by atoms with Crippen molar-refractivity contribution in [3.8, 4) is 22.9 Å². The number of hydrogen-bond donors (Lipinski definition) is 1. The van der Waals surface area contributed by atoms with Gasteiger partial charge in [-0.15, -0.1) is 5.10 Å². The van der Waals surface area contributed by atoms with Gasteiger partial charge in [-0.2, -0.15) is 0 Å². The summed E-state index contributed by atoms with van der Waals surface area (Å²) in [4.78, 5) is 12.7. The minimum atomic E-state index is -0.240. The van der Waals surface area contributed by atoms with Crippen LogP contribution in [0.15, 0.2) is 42.5 Å². The molecule has 8 nitrogen and oxygen atoms in total. The standard InChI is InChI=1S/C21H25N5O3/c1-4-6-12-29-18-11-10-16(14-19(18)28-3)21(27)22-17-9-7-8-15(13-17)20-23-24-25-26(20)5-2/h7-11,13-14H,4-6,12H2,1-3H3,(H,22,27). The van der Waals surface area contributed by atoms with Crippen molar-refractivity contribution in [2.75, 3.05) is 19.0 Å². The first kappa shape index (κ1) is 20.3. The Labute approximate surface area is 169 Å². The second kappa shape index (κ2) is 9.68. The molecule has 1 amide bonds. The number of amides is 1. The Morgan fingerprint density at radius 2 is 2.00 bits per heavy atom. The van der Waals surface area contributed by atoms with Crippen LogP contribution in [0.4, 0.5) is 5.69 Å². The zero-order chi connectivity index (χ0) is 20.6. The summed E-state index contributed by atoms with van der Waals surface area (Å²) in [5.41, 5.74) is 1.96. The Morgan fingerprint density at radius 1 is 1.14 bits per heavy atom. The number of nitrogens with zero attached hydrogens (tertiary/aromatic N) is 4. The molecular formula is C21H25N5O3. The van der Waals surface area contributed by atoms with Gasteiger partial charge in [0.1, 0.15) is 0 Å². The summed E-state index contributed by atoms with van der Waals surface area (Å²) < 4.78 is 12.8. The first-order chi connectivity index (χ1) is 14.2. The lowest BCUT2D eigenvalue weighted by Gasteiger charge is -2.12. The van der Waals surface area contributed by atoms with Crippen LogP contribution in [0.25, 0.3) is 11.4 Å². The number of methoxy groups -OCH3 is 1. The van der Waals surface area contributed by atoms with Crippen molar-refractivity contribution in [3.05, 3.63) is 48.0 Å². The van der Waals surface area contributed by atoms with Crippen LogP contribution in [0.5, 0.6) is 11.5 Å². The Hall–Kier alpha value is -3.42. The minimum Gasteiger partial charge on any atom is -0.493 e. The molecule has 29 heavy (non-hydrogen) atoms. The van der Waals surface area contributed by atoms with Crippen LogP contribution >= 0.6 is 0 Å². The zero-order valence-corrected chi connectivity index (χ0v) is 16.9. The van der Waals surface area contributed by atoms with E-state index in [-0.39, 0.29) is 5.91 Å². The number of ether oxygens (including phenoxy) is 2. The third-order valence-electron chi connectivity index (χ3n) is 4.39. The third-order valence-corrected chi connectivity index (χ3v) is 4.39. The predicted molar refractivity (Wildman–Crippen MR) is 110 cm³/mol. The number of rotatable bonds is 9. The lowest BCUT2D eigenvalue weighted by atomic mass is 10.1. The predicted octanol–water partition coefficient (Wildman–Crippen LogP) is 3.80. The molecule has 1 N–H and O–H groups in total. The van der Waals surface area contributed by atoms with E-state index < -0.39 is 0 Å². The fourth-order valence-corrected chi connectivity index (χ4v) is 2.82. The highest BCUT2D eigenvalue weighted by molar-refractivity contribution is 6.04. The van der Waals surface area contributed by atoms with Crippen LogP contribution < -0.4 is 14.8 Å².